The van der Waals surface area contributed by atoms with Crippen molar-refractivity contribution in [2.75, 3.05) is 13.7 Å². The summed E-state index contributed by atoms with van der Waals surface area (Å²) in [6.45, 7) is 7.25. The number of carbonyl (C=O) groups is 1. The van der Waals surface area contributed by atoms with Crippen LogP contribution in [-0.4, -0.2) is 28.8 Å². The second-order valence-corrected chi connectivity index (χ2v) is 10.0. The highest BCUT2D eigenvalue weighted by molar-refractivity contribution is 9.10. The van der Waals surface area contributed by atoms with Crippen LogP contribution in [0.5, 0.6) is 11.5 Å². The number of thiocarbonyl (C=S) groups is 1. The smallest absolute Gasteiger partial charge is 0.266 e. The fraction of sp³-hybridized carbons (Fsp3) is 0.304. The highest BCUT2D eigenvalue weighted by Gasteiger charge is 2.32. The minimum Gasteiger partial charge on any atom is -0.493 e. The Hall–Kier alpha value is -1.83. The zero-order chi connectivity index (χ0) is 21.8. The molecule has 2 aromatic carbocycles. The van der Waals surface area contributed by atoms with E-state index in [9.17, 15) is 4.79 Å². The first-order valence-corrected chi connectivity index (χ1v) is 11.6. The Morgan fingerprint density at radius 3 is 2.57 bits per heavy atom. The third-order valence-electron chi connectivity index (χ3n) is 4.47. The number of hydrogen-bond acceptors (Lipinski definition) is 5. The maximum atomic E-state index is 12.7. The molecule has 158 valence electrons. The molecule has 1 amide bonds. The summed E-state index contributed by atoms with van der Waals surface area (Å²) in [4.78, 5) is 15.0. The number of benzene rings is 2. The summed E-state index contributed by atoms with van der Waals surface area (Å²) in [6, 6.07) is 12.0. The topological polar surface area (TPSA) is 38.8 Å². The van der Waals surface area contributed by atoms with Crippen molar-refractivity contribution >= 4 is 56.2 Å². The molecule has 3 rings (SSSR count). The molecular weight excluding hydrogens is 482 g/mol. The normalized spacial score (nSPS) is 15.4. The van der Waals surface area contributed by atoms with Gasteiger partial charge < -0.3 is 9.47 Å². The zero-order valence-corrected chi connectivity index (χ0v) is 20.6. The quantitative estimate of drug-likeness (QED) is 0.330. The van der Waals surface area contributed by atoms with E-state index in [4.69, 9.17) is 21.7 Å². The summed E-state index contributed by atoms with van der Waals surface area (Å²) in [5.74, 6) is 1.53. The molecule has 4 nitrogen and oxygen atoms in total. The number of thioether (sulfide) groups is 1. The monoisotopic (exact) mass is 505 g/mol. The Labute approximate surface area is 195 Å². The van der Waals surface area contributed by atoms with E-state index in [1.807, 2.05) is 30.3 Å². The molecule has 30 heavy (non-hydrogen) atoms. The minimum atomic E-state index is -0.0477. The van der Waals surface area contributed by atoms with Gasteiger partial charge in [0.2, 0.25) is 0 Å². The molecule has 2 aromatic rings. The van der Waals surface area contributed by atoms with Crippen molar-refractivity contribution in [2.45, 2.75) is 27.4 Å². The Kier molecular flexibility index (Phi) is 7.60. The number of rotatable bonds is 7. The second kappa shape index (κ2) is 9.98. The third-order valence-corrected chi connectivity index (χ3v) is 6.44. The molecule has 0 unspecified atom stereocenters. The van der Waals surface area contributed by atoms with Crippen LogP contribution in [-0.2, 0) is 11.4 Å². The van der Waals surface area contributed by atoms with Crippen LogP contribution in [0, 0.1) is 12.8 Å². The third kappa shape index (κ3) is 5.45. The fourth-order valence-electron chi connectivity index (χ4n) is 2.98. The number of hydrogen-bond donors (Lipinski definition) is 0. The van der Waals surface area contributed by atoms with Crippen molar-refractivity contribution < 1.29 is 14.3 Å². The molecule has 1 fully saturated rings. The molecular formula is C23H24BrNO3S2. The van der Waals surface area contributed by atoms with E-state index < -0.39 is 0 Å². The van der Waals surface area contributed by atoms with Crippen molar-refractivity contribution in [3.8, 4) is 11.5 Å². The van der Waals surface area contributed by atoms with Crippen LogP contribution in [0.4, 0.5) is 0 Å². The molecule has 1 aliphatic rings. The van der Waals surface area contributed by atoms with E-state index in [0.717, 1.165) is 15.6 Å². The number of aryl methyl sites for hydroxylation is 1. The Balaban J connectivity index is 1.81. The fourth-order valence-corrected chi connectivity index (χ4v) is 4.83. The largest absolute Gasteiger partial charge is 0.493 e. The van der Waals surface area contributed by atoms with Crippen LogP contribution in [0.15, 0.2) is 45.8 Å². The number of carbonyl (C=O) groups excluding carboxylic acids is 1. The van der Waals surface area contributed by atoms with Gasteiger partial charge in [-0.1, -0.05) is 67.7 Å². The van der Waals surface area contributed by atoms with Crippen LogP contribution in [0.1, 0.15) is 30.5 Å². The molecule has 0 N–H and O–H groups in total. The Morgan fingerprint density at radius 2 is 1.93 bits per heavy atom. The molecule has 0 atom stereocenters. The molecule has 0 bridgehead atoms. The number of amides is 1. The molecule has 0 radical (unpaired) electrons. The van der Waals surface area contributed by atoms with Gasteiger partial charge >= 0.3 is 0 Å². The van der Waals surface area contributed by atoms with Crippen molar-refractivity contribution in [2.24, 2.45) is 5.92 Å². The minimum absolute atomic E-state index is 0.0477. The average molecular weight is 506 g/mol. The molecule has 1 aliphatic heterocycles. The predicted octanol–water partition coefficient (Wildman–Crippen LogP) is 6.20. The lowest BCUT2D eigenvalue weighted by Crippen LogP contribution is -2.31. The first-order valence-electron chi connectivity index (χ1n) is 9.59. The SMILES string of the molecule is COc1cc(/C=C2\SC(=S)N(CC(C)C)C2=O)cc(Br)c1OCc1ccc(C)cc1. The van der Waals surface area contributed by atoms with Gasteiger partial charge in [-0.15, -0.1) is 0 Å². The molecule has 0 aliphatic carbocycles. The summed E-state index contributed by atoms with van der Waals surface area (Å²) in [5.41, 5.74) is 3.12. The van der Waals surface area contributed by atoms with E-state index in [0.29, 0.717) is 39.8 Å². The van der Waals surface area contributed by atoms with Crippen LogP contribution in [0.3, 0.4) is 0 Å². The highest BCUT2D eigenvalue weighted by atomic mass is 79.9. The first-order chi connectivity index (χ1) is 14.3. The average Bonchev–Trinajstić information content (AvgIpc) is 2.95. The van der Waals surface area contributed by atoms with Crippen molar-refractivity contribution in [3.63, 3.8) is 0 Å². The summed E-state index contributed by atoms with van der Waals surface area (Å²) in [7, 11) is 1.60. The van der Waals surface area contributed by atoms with E-state index in [2.05, 4.69) is 48.8 Å². The van der Waals surface area contributed by atoms with Crippen molar-refractivity contribution in [3.05, 3.63) is 62.5 Å². The second-order valence-electron chi connectivity index (χ2n) is 7.49. The summed E-state index contributed by atoms with van der Waals surface area (Å²) >= 11 is 10.3. The van der Waals surface area contributed by atoms with Crippen LogP contribution in [0.25, 0.3) is 6.08 Å². The van der Waals surface area contributed by atoms with Gasteiger partial charge in [0.05, 0.1) is 16.5 Å². The van der Waals surface area contributed by atoms with Gasteiger partial charge in [-0.3, -0.25) is 9.69 Å². The predicted molar refractivity (Wildman–Crippen MR) is 131 cm³/mol. The van der Waals surface area contributed by atoms with Gasteiger partial charge in [0.1, 0.15) is 10.9 Å². The number of methoxy groups -OCH3 is 1. The molecule has 1 saturated heterocycles. The van der Waals surface area contributed by atoms with Crippen LogP contribution in [0.2, 0.25) is 0 Å². The van der Waals surface area contributed by atoms with Gasteiger partial charge in [-0.25, -0.2) is 0 Å². The van der Waals surface area contributed by atoms with Crippen LogP contribution >= 0.6 is 39.9 Å². The zero-order valence-electron chi connectivity index (χ0n) is 17.4. The molecule has 0 aromatic heterocycles. The Bertz CT molecular complexity index is 987. The van der Waals surface area contributed by atoms with Gasteiger partial charge in [-0.2, -0.15) is 0 Å². The maximum Gasteiger partial charge on any atom is 0.266 e. The van der Waals surface area contributed by atoms with Gasteiger partial charge in [0.25, 0.3) is 5.91 Å². The first kappa shape index (κ1) is 22.8. The highest BCUT2D eigenvalue weighted by Crippen LogP contribution is 2.39. The summed E-state index contributed by atoms with van der Waals surface area (Å²) in [5, 5.41) is 0. The van der Waals surface area contributed by atoms with E-state index in [1.165, 1.54) is 17.3 Å². The summed E-state index contributed by atoms with van der Waals surface area (Å²) < 4.78 is 12.9. The summed E-state index contributed by atoms with van der Waals surface area (Å²) in [6.07, 6.45) is 1.84. The number of halogens is 1. The molecule has 7 heteroatoms. The lowest BCUT2D eigenvalue weighted by Gasteiger charge is -2.16. The van der Waals surface area contributed by atoms with Crippen molar-refractivity contribution in [1.29, 1.82) is 0 Å². The lowest BCUT2D eigenvalue weighted by molar-refractivity contribution is -0.122. The maximum absolute atomic E-state index is 12.7. The lowest BCUT2D eigenvalue weighted by atomic mass is 10.1. The number of ether oxygens (including phenoxy) is 2. The molecule has 0 spiro atoms. The standard InChI is InChI=1S/C23H24BrNO3S2/c1-14(2)12-25-22(26)20(30-23(25)29)11-17-9-18(24)21(19(10-17)27-4)28-13-16-7-5-15(3)6-8-16/h5-11,14H,12-13H2,1-4H3/b20-11-. The van der Waals surface area contributed by atoms with Gasteiger partial charge in [0, 0.05) is 6.54 Å². The van der Waals surface area contributed by atoms with E-state index in [1.54, 1.807) is 12.0 Å². The van der Waals surface area contributed by atoms with Gasteiger partial charge in [0.15, 0.2) is 11.5 Å². The van der Waals surface area contributed by atoms with Gasteiger partial charge in [-0.05, 0) is 58.1 Å². The molecule has 0 saturated carbocycles. The molecule has 1 heterocycles. The number of nitrogens with zero attached hydrogens (tertiary/aromatic N) is 1. The van der Waals surface area contributed by atoms with Crippen molar-refractivity contribution in [1.82, 2.24) is 4.90 Å². The van der Waals surface area contributed by atoms with Crippen LogP contribution < -0.4 is 9.47 Å². The Morgan fingerprint density at radius 1 is 1.23 bits per heavy atom. The van der Waals surface area contributed by atoms with E-state index >= 15 is 0 Å². The van der Waals surface area contributed by atoms with E-state index in [-0.39, 0.29) is 5.91 Å².